The maximum atomic E-state index is 14.9. The van der Waals surface area contributed by atoms with E-state index < -0.39 is 96.8 Å². The lowest BCUT2D eigenvalue weighted by Crippen LogP contribution is -2.61. The van der Waals surface area contributed by atoms with E-state index in [4.69, 9.17) is 35.2 Å². The quantitative estimate of drug-likeness (QED) is 0.0333. The molecule has 530 valence electrons. The average molecular weight is 1350 g/mol. The number of ether oxygens (including phenoxy) is 5. The van der Waals surface area contributed by atoms with Crippen molar-refractivity contribution < 1.29 is 77.0 Å². The summed E-state index contributed by atoms with van der Waals surface area (Å²) in [5, 5.41) is 38.6. The second-order valence-electron chi connectivity index (χ2n) is 24.7. The summed E-state index contributed by atoms with van der Waals surface area (Å²) in [6.45, 7) is 5.44. The molecule has 0 aliphatic carbocycles. The van der Waals surface area contributed by atoms with Gasteiger partial charge in [-0.15, -0.1) is 0 Å². The lowest BCUT2D eigenvalue weighted by Gasteiger charge is -2.49. The van der Waals surface area contributed by atoms with Crippen molar-refractivity contribution in [2.75, 3.05) is 114 Å². The first-order valence-electron chi connectivity index (χ1n) is 33.1. The molecule has 4 aliphatic heterocycles. The highest BCUT2D eigenvalue weighted by atomic mass is 16.5. The topological polar surface area (TPSA) is 418 Å². The van der Waals surface area contributed by atoms with Gasteiger partial charge in [0.15, 0.2) is 23.0 Å². The number of benzene rings is 2. The Bertz CT molecular complexity index is 3130. The number of primary amides is 1. The Labute approximate surface area is 559 Å². The summed E-state index contributed by atoms with van der Waals surface area (Å²) < 4.78 is 28.3. The van der Waals surface area contributed by atoms with E-state index in [-0.39, 0.29) is 88.9 Å². The zero-order chi connectivity index (χ0) is 69.6. The number of H-pyrrole nitrogens is 1. The molecule has 5 unspecified atom stereocenters. The van der Waals surface area contributed by atoms with Crippen LogP contribution in [-0.2, 0) is 57.6 Å². The summed E-state index contributed by atoms with van der Waals surface area (Å²) in [4.78, 5) is 138. The van der Waals surface area contributed by atoms with Gasteiger partial charge in [0.05, 0.1) is 72.9 Å². The fourth-order valence-electron chi connectivity index (χ4n) is 13.1. The van der Waals surface area contributed by atoms with E-state index in [1.165, 1.54) is 28.6 Å². The molecule has 11 amide bonds. The number of imidazole rings is 1. The van der Waals surface area contributed by atoms with Crippen molar-refractivity contribution in [1.29, 1.82) is 0 Å². The van der Waals surface area contributed by atoms with Gasteiger partial charge in [-0.2, -0.15) is 0 Å². The third-order valence-electron chi connectivity index (χ3n) is 18.6. The highest BCUT2D eigenvalue weighted by molar-refractivity contribution is 5.97. The van der Waals surface area contributed by atoms with Gasteiger partial charge in [-0.05, 0) is 123 Å². The van der Waals surface area contributed by atoms with Crippen molar-refractivity contribution in [1.82, 2.24) is 66.8 Å². The van der Waals surface area contributed by atoms with Crippen LogP contribution in [0.5, 0.6) is 23.0 Å². The van der Waals surface area contributed by atoms with Gasteiger partial charge in [-0.3, -0.25) is 38.5 Å². The molecule has 1 aromatic heterocycles. The predicted octanol–water partition coefficient (Wildman–Crippen LogP) is -0.587. The first kappa shape index (κ1) is 74.9. The number of carbonyl (C=O) groups excluding carboxylic acids is 9. The third-order valence-corrected chi connectivity index (χ3v) is 18.6. The normalized spacial score (nSPS) is 19.4. The molecule has 5 heterocycles. The highest BCUT2D eigenvalue weighted by Crippen LogP contribution is 2.49. The van der Waals surface area contributed by atoms with E-state index in [0.717, 1.165) is 43.5 Å². The van der Waals surface area contributed by atoms with Crippen LogP contribution < -0.4 is 67.6 Å². The number of amides is 11. The number of nitrogens with two attached hydrogens (primary N) is 2. The monoisotopic (exact) mass is 1350 g/mol. The number of likely N-dealkylation sites (N-methyl/N-ethyl adjacent to an activating group) is 1. The van der Waals surface area contributed by atoms with Gasteiger partial charge in [0.25, 0.3) is 0 Å². The number of fused-ring (bicyclic) bond motifs is 4. The molecule has 0 radical (unpaired) electrons. The summed E-state index contributed by atoms with van der Waals surface area (Å²) in [7, 11) is 8.13. The summed E-state index contributed by atoms with van der Waals surface area (Å²) in [6, 6.07) is -1.55. The Balaban J connectivity index is 0.979. The van der Waals surface area contributed by atoms with Crippen LogP contribution in [0, 0.1) is 11.8 Å². The minimum Gasteiger partial charge on any atom is -0.493 e. The maximum Gasteiger partial charge on any atom is 0.320 e. The van der Waals surface area contributed by atoms with Crippen LogP contribution in [0.4, 0.5) is 9.59 Å². The van der Waals surface area contributed by atoms with Gasteiger partial charge in [-0.25, -0.2) is 14.6 Å². The van der Waals surface area contributed by atoms with Crippen molar-refractivity contribution in [2.24, 2.45) is 23.3 Å². The number of urea groups is 2. The first-order valence-corrected chi connectivity index (χ1v) is 33.1. The summed E-state index contributed by atoms with van der Waals surface area (Å²) in [5.41, 5.74) is 16.2. The van der Waals surface area contributed by atoms with Crippen molar-refractivity contribution in [3.05, 3.63) is 64.7 Å². The lowest BCUT2D eigenvalue weighted by molar-refractivity contribution is -0.136. The third kappa shape index (κ3) is 19.6. The molecule has 2 saturated heterocycles. The molecular weight excluding hydrogens is 1250 g/mol. The number of carbonyl (C=O) groups is 9. The highest BCUT2D eigenvalue weighted by Gasteiger charge is 2.43. The molecule has 96 heavy (non-hydrogen) atoms. The number of aromatic nitrogens is 2. The minimum atomic E-state index is -1.73. The standard InChI is InChI=1S/C65H99N15O16/c1-8-38-34-79-19-15-39-28-53(92-4)55(94-6)31-43(39)51(79)26-41(38)27-52-44-32-56(95-7)54(93-5)29-40(44)16-20-80(52)65(91)77(3)21-18-69-58(84)47(13-14-57(67)83)73-59(85)45(9-2)71-60(86)46(12-10-11-17-66)72-62(88)49(35-81)75-63(89)50(36-82)74-61(87)48(30-42-33-68-37-70-42)76-64(90)78-22-24-96-25-23-78/h28-29,31-33,37-38,41,45-52,81-82H,8-27,30,34-36,66H2,1-7H3,(H2,67,83)(H,68,70)(H,69,84)(H,71,86)(H,72,88)(H,73,85)(H,74,87)(H,75,89)(H,76,90)/t38?,41?,45-,46-,47?,48-,49-,50-,51?,52?/m0/s1. The molecule has 4 aliphatic rings. The second-order valence-corrected chi connectivity index (χ2v) is 24.7. The van der Waals surface area contributed by atoms with Gasteiger partial charge < -0.3 is 102 Å². The van der Waals surface area contributed by atoms with E-state index in [1.54, 1.807) is 47.3 Å². The van der Waals surface area contributed by atoms with Crippen molar-refractivity contribution in [3.8, 4) is 23.0 Å². The fraction of sp³-hybridized carbons (Fsp3) is 0.631. The zero-order valence-corrected chi connectivity index (χ0v) is 56.2. The van der Waals surface area contributed by atoms with E-state index in [9.17, 15) is 53.4 Å². The Morgan fingerprint density at radius 2 is 1.24 bits per heavy atom. The van der Waals surface area contributed by atoms with Crippen molar-refractivity contribution >= 4 is 53.4 Å². The number of aliphatic hydroxyl groups is 2. The summed E-state index contributed by atoms with van der Waals surface area (Å²) >= 11 is 0. The number of nitrogens with one attached hydrogen (secondary N) is 8. The fourth-order valence-corrected chi connectivity index (χ4v) is 13.1. The number of piperidine rings is 1. The molecule has 14 N–H and O–H groups in total. The number of aliphatic hydroxyl groups excluding tert-OH is 2. The SMILES string of the molecule is CCC1CN2CCc3cc(OC)c(OC)cc3C2CC1CC1c2cc(OC)c(OC)cc2CCN1C(=O)N(C)CCNC(=O)C(CCC(N)=O)NC(=O)[C@H](CC)NC(=O)[C@H](CCCCN)NC(=O)[C@H](CO)NC(=O)[C@H](CO)NC(=O)[C@H](Cc1c[nH]cn1)NC(=O)N1CCOCC1. The number of hydrogen-bond donors (Lipinski definition) is 12. The number of nitrogens with zero attached hydrogens (tertiary/aromatic N) is 5. The first-order chi connectivity index (χ1) is 46.2. The van der Waals surface area contributed by atoms with E-state index in [0.29, 0.717) is 80.1 Å². The molecular formula is C65H99N15O16. The largest absolute Gasteiger partial charge is 0.493 e. The Kier molecular flexibility index (Phi) is 28.5. The van der Waals surface area contributed by atoms with Gasteiger partial charge in [0, 0.05) is 77.9 Å². The van der Waals surface area contributed by atoms with Gasteiger partial charge >= 0.3 is 12.1 Å². The Hall–Kier alpha value is -8.52. The van der Waals surface area contributed by atoms with Gasteiger partial charge in [0.1, 0.15) is 36.3 Å². The van der Waals surface area contributed by atoms with E-state index >= 15 is 0 Å². The van der Waals surface area contributed by atoms with Crippen molar-refractivity contribution in [2.45, 2.75) is 139 Å². The molecule has 10 atom stereocenters. The van der Waals surface area contributed by atoms with Gasteiger partial charge in [-0.1, -0.05) is 20.3 Å². The molecule has 0 spiro atoms. The molecule has 0 saturated carbocycles. The molecule has 7 rings (SSSR count). The number of aromatic amines is 1. The summed E-state index contributed by atoms with van der Waals surface area (Å²) in [5.74, 6) is -3.01. The number of unbranched alkanes of at least 4 members (excludes halogenated alkanes) is 1. The molecule has 31 nitrogen and oxygen atoms in total. The van der Waals surface area contributed by atoms with Gasteiger partial charge in [0.2, 0.25) is 41.4 Å². The molecule has 3 aromatic rings. The summed E-state index contributed by atoms with van der Waals surface area (Å²) in [6.07, 6.45) is 6.91. The molecule has 0 bridgehead atoms. The van der Waals surface area contributed by atoms with Crippen molar-refractivity contribution in [3.63, 3.8) is 0 Å². The van der Waals surface area contributed by atoms with Crippen LogP contribution >= 0.6 is 0 Å². The van der Waals surface area contributed by atoms with Crippen LogP contribution in [0.3, 0.4) is 0 Å². The lowest BCUT2D eigenvalue weighted by atomic mass is 9.72. The van der Waals surface area contributed by atoms with E-state index in [1.807, 2.05) is 17.0 Å². The number of rotatable bonds is 34. The zero-order valence-electron chi connectivity index (χ0n) is 56.2. The Morgan fingerprint density at radius 1 is 0.688 bits per heavy atom. The molecule has 2 aromatic carbocycles. The van der Waals surface area contributed by atoms with E-state index in [2.05, 4.69) is 71.1 Å². The molecule has 31 heteroatoms. The van der Waals surface area contributed by atoms with Crippen LogP contribution in [-0.4, -0.2) is 244 Å². The second kappa shape index (κ2) is 36.6. The minimum absolute atomic E-state index is 0.0128. The van der Waals surface area contributed by atoms with Crippen LogP contribution in [0.15, 0.2) is 36.8 Å². The predicted molar refractivity (Wildman–Crippen MR) is 350 cm³/mol. The van der Waals surface area contributed by atoms with Crippen LogP contribution in [0.2, 0.25) is 0 Å². The molecule has 2 fully saturated rings. The maximum absolute atomic E-state index is 14.9. The average Bonchev–Trinajstić information content (AvgIpc) is 0.796. The number of methoxy groups -OCH3 is 4. The van der Waals surface area contributed by atoms with Crippen LogP contribution in [0.1, 0.15) is 112 Å². The number of morpholine rings is 1. The number of hydrogen-bond acceptors (Lipinski definition) is 19. The van der Waals surface area contributed by atoms with Crippen LogP contribution in [0.25, 0.3) is 0 Å². The Morgan fingerprint density at radius 3 is 1.81 bits per heavy atom. The smallest absolute Gasteiger partial charge is 0.320 e.